The molecule has 1 fully saturated rings. The molecule has 0 radical (unpaired) electrons. The molecule has 1 saturated heterocycles. The first-order chi connectivity index (χ1) is 17.9. The summed E-state index contributed by atoms with van der Waals surface area (Å²) in [6, 6.07) is 23.0. The highest BCUT2D eigenvalue weighted by molar-refractivity contribution is 8.16. The molecule has 0 aliphatic carbocycles. The molecule has 9 heteroatoms. The number of aromatic hydroxyl groups is 1. The summed E-state index contributed by atoms with van der Waals surface area (Å²) in [6.07, 6.45) is 3.55. The van der Waals surface area contributed by atoms with E-state index < -0.39 is 5.25 Å². The molecule has 4 rings (SSSR count). The third kappa shape index (κ3) is 6.86. The summed E-state index contributed by atoms with van der Waals surface area (Å²) in [7, 11) is 1.57. The molecule has 2 amide bonds. The molecule has 3 aromatic carbocycles. The molecule has 3 aromatic rings. The smallest absolute Gasteiger partial charge is 0.247 e. The number of hydrogen-bond donors (Lipinski definition) is 2. The molecule has 1 unspecified atom stereocenters. The Morgan fingerprint density at radius 1 is 1.08 bits per heavy atom. The fourth-order valence-electron chi connectivity index (χ4n) is 3.58. The second-order valence-electron chi connectivity index (χ2n) is 8.20. The van der Waals surface area contributed by atoms with Crippen LogP contribution in [0.5, 0.6) is 11.5 Å². The topological polar surface area (TPSA) is 104 Å². The first-order valence-corrected chi connectivity index (χ1v) is 12.4. The number of nitrogens with zero attached hydrogens (tertiary/aromatic N) is 3. The molecule has 0 saturated carbocycles. The number of hydrogen-bond acceptors (Lipinski definition) is 7. The van der Waals surface area contributed by atoms with Crippen molar-refractivity contribution in [3.05, 3.63) is 90.0 Å². The van der Waals surface area contributed by atoms with Crippen LogP contribution in [-0.4, -0.2) is 40.7 Å². The largest absolute Gasteiger partial charge is 0.508 e. The molecule has 8 nitrogen and oxygen atoms in total. The lowest BCUT2D eigenvalue weighted by Crippen LogP contribution is -2.33. The number of phenols is 1. The lowest BCUT2D eigenvalue weighted by atomic mass is 10.1. The van der Waals surface area contributed by atoms with Crippen molar-refractivity contribution in [1.82, 2.24) is 0 Å². The van der Waals surface area contributed by atoms with E-state index in [1.165, 1.54) is 28.8 Å². The minimum Gasteiger partial charge on any atom is -0.508 e. The quantitative estimate of drug-likeness (QED) is 0.313. The van der Waals surface area contributed by atoms with Crippen molar-refractivity contribution in [2.75, 3.05) is 17.3 Å². The maximum absolute atomic E-state index is 13.3. The maximum atomic E-state index is 13.3. The molecule has 0 bridgehead atoms. The van der Waals surface area contributed by atoms with E-state index in [1.54, 1.807) is 49.7 Å². The van der Waals surface area contributed by atoms with E-state index in [0.29, 0.717) is 22.3 Å². The van der Waals surface area contributed by atoms with Crippen molar-refractivity contribution in [3.63, 3.8) is 0 Å². The first-order valence-electron chi connectivity index (χ1n) is 11.5. The van der Waals surface area contributed by atoms with Crippen LogP contribution in [0.1, 0.15) is 18.9 Å². The van der Waals surface area contributed by atoms with Gasteiger partial charge in [0.15, 0.2) is 5.17 Å². The van der Waals surface area contributed by atoms with E-state index in [4.69, 9.17) is 4.74 Å². The molecule has 0 aromatic heterocycles. The zero-order chi connectivity index (χ0) is 26.2. The number of ether oxygens (including phenoxy) is 1. The highest BCUT2D eigenvalue weighted by Gasteiger charge is 2.40. The molecule has 1 heterocycles. The molecule has 2 N–H and O–H groups in total. The number of rotatable bonds is 8. The van der Waals surface area contributed by atoms with Crippen LogP contribution in [-0.2, 0) is 9.59 Å². The van der Waals surface area contributed by atoms with Gasteiger partial charge >= 0.3 is 0 Å². The second-order valence-corrected chi connectivity index (χ2v) is 9.37. The summed E-state index contributed by atoms with van der Waals surface area (Å²) in [5, 5.41) is 20.6. The summed E-state index contributed by atoms with van der Waals surface area (Å²) >= 11 is 1.18. The number of anilines is 2. The zero-order valence-electron chi connectivity index (χ0n) is 20.4. The van der Waals surface area contributed by atoms with Gasteiger partial charge in [-0.2, -0.15) is 5.10 Å². The van der Waals surface area contributed by atoms with Crippen LogP contribution in [0.25, 0.3) is 6.08 Å². The van der Waals surface area contributed by atoms with Crippen molar-refractivity contribution in [2.24, 2.45) is 10.2 Å². The normalized spacial score (nSPS) is 17.0. The Labute approximate surface area is 219 Å². The van der Waals surface area contributed by atoms with E-state index in [0.717, 1.165) is 11.1 Å². The van der Waals surface area contributed by atoms with E-state index >= 15 is 0 Å². The van der Waals surface area contributed by atoms with Gasteiger partial charge in [-0.05, 0) is 66.6 Å². The molecule has 1 aliphatic heterocycles. The number of carbonyl (C=O) groups is 2. The van der Waals surface area contributed by atoms with Gasteiger partial charge in [0.2, 0.25) is 11.8 Å². The number of allylic oxidation sites excluding steroid dienone is 1. The molecular weight excluding hydrogens is 488 g/mol. The Morgan fingerprint density at radius 3 is 2.46 bits per heavy atom. The van der Waals surface area contributed by atoms with Crippen LogP contribution in [0, 0.1) is 0 Å². The third-order valence-corrected chi connectivity index (χ3v) is 6.51. The highest BCUT2D eigenvalue weighted by Crippen LogP contribution is 2.34. The lowest BCUT2D eigenvalue weighted by molar-refractivity contribution is -0.121. The lowest BCUT2D eigenvalue weighted by Gasteiger charge is -2.16. The van der Waals surface area contributed by atoms with E-state index in [-0.39, 0.29) is 24.0 Å². The van der Waals surface area contributed by atoms with Gasteiger partial charge in [0.25, 0.3) is 0 Å². The Kier molecular flexibility index (Phi) is 8.37. The van der Waals surface area contributed by atoms with Crippen molar-refractivity contribution >= 4 is 52.4 Å². The van der Waals surface area contributed by atoms with Gasteiger partial charge in [0.05, 0.1) is 19.0 Å². The molecular formula is C28H26N4O4S. The van der Waals surface area contributed by atoms with Gasteiger partial charge in [-0.15, -0.1) is 5.10 Å². The van der Waals surface area contributed by atoms with E-state index in [2.05, 4.69) is 15.5 Å². The van der Waals surface area contributed by atoms with Crippen molar-refractivity contribution in [1.29, 1.82) is 0 Å². The number of carbonyl (C=O) groups excluding carboxylic acids is 2. The van der Waals surface area contributed by atoms with Crippen LogP contribution >= 0.6 is 11.8 Å². The fourth-order valence-corrected chi connectivity index (χ4v) is 4.67. The monoisotopic (exact) mass is 514 g/mol. The average molecular weight is 515 g/mol. The third-order valence-electron chi connectivity index (χ3n) is 5.39. The zero-order valence-corrected chi connectivity index (χ0v) is 21.2. The van der Waals surface area contributed by atoms with Crippen LogP contribution in [0.3, 0.4) is 0 Å². The van der Waals surface area contributed by atoms with Gasteiger partial charge in [-0.1, -0.05) is 48.2 Å². The number of benzene rings is 3. The van der Waals surface area contributed by atoms with Crippen LogP contribution in [0.2, 0.25) is 0 Å². The molecule has 37 heavy (non-hydrogen) atoms. The van der Waals surface area contributed by atoms with Crippen molar-refractivity contribution < 1.29 is 19.4 Å². The molecule has 188 valence electrons. The van der Waals surface area contributed by atoms with Gasteiger partial charge in [-0.25, -0.2) is 0 Å². The Morgan fingerprint density at radius 2 is 1.78 bits per heavy atom. The summed E-state index contributed by atoms with van der Waals surface area (Å²) in [4.78, 5) is 27.4. The van der Waals surface area contributed by atoms with Crippen molar-refractivity contribution in [3.8, 4) is 11.5 Å². The van der Waals surface area contributed by atoms with Crippen LogP contribution in [0.4, 0.5) is 11.4 Å². The van der Waals surface area contributed by atoms with Crippen LogP contribution < -0.4 is 15.0 Å². The summed E-state index contributed by atoms with van der Waals surface area (Å²) in [5.41, 5.74) is 3.06. The number of amides is 2. The minimum absolute atomic E-state index is 0.0419. The Balaban J connectivity index is 1.51. The average Bonchev–Trinajstić information content (AvgIpc) is 3.20. The van der Waals surface area contributed by atoms with Gasteiger partial charge in [-0.3, -0.25) is 14.5 Å². The number of phenolic OH excluding ortho intramolecular Hbond substituents is 1. The van der Waals surface area contributed by atoms with Crippen LogP contribution in [0.15, 0.2) is 94.6 Å². The van der Waals surface area contributed by atoms with Gasteiger partial charge in [0.1, 0.15) is 16.7 Å². The van der Waals surface area contributed by atoms with E-state index in [1.807, 2.05) is 43.3 Å². The highest BCUT2D eigenvalue weighted by atomic mass is 32.2. The molecule has 1 aliphatic rings. The second kappa shape index (κ2) is 12.0. The van der Waals surface area contributed by atoms with Gasteiger partial charge < -0.3 is 15.2 Å². The summed E-state index contributed by atoms with van der Waals surface area (Å²) < 4.78 is 5.14. The molecule has 1 atom stereocenters. The summed E-state index contributed by atoms with van der Waals surface area (Å²) in [5.74, 6) is 0.176. The predicted molar refractivity (Wildman–Crippen MR) is 149 cm³/mol. The molecule has 0 spiro atoms. The predicted octanol–water partition coefficient (Wildman–Crippen LogP) is 5.32. The van der Waals surface area contributed by atoms with Crippen molar-refractivity contribution in [2.45, 2.75) is 18.6 Å². The van der Waals surface area contributed by atoms with E-state index in [9.17, 15) is 14.7 Å². The minimum atomic E-state index is -0.679. The Hall–Kier alpha value is -4.37. The number of amidine groups is 1. The standard InChI is InChI=1S/C28H26N4O4S/c1-19(16-20-6-4-3-5-7-20)18-29-31-28-32(22-10-12-23(33)13-11-22)27(35)25(37-28)17-26(34)30-21-8-14-24(36-2)15-9-21/h3-16,18,25,33H,17H2,1-2H3,(H,30,34). The Bertz CT molecular complexity index is 1340. The van der Waals surface area contributed by atoms with Gasteiger partial charge in [0, 0.05) is 12.1 Å². The summed E-state index contributed by atoms with van der Waals surface area (Å²) in [6.45, 7) is 1.91. The number of thioether (sulfide) groups is 1. The SMILES string of the molecule is COc1ccc(NC(=O)CC2SC(=NN=CC(C)=Cc3ccccc3)N(c3ccc(O)cc3)C2=O)cc1. The fraction of sp³-hybridized carbons (Fsp3) is 0.143. The number of nitrogens with one attached hydrogen (secondary N) is 1. The first kappa shape index (κ1) is 25.7. The number of methoxy groups -OCH3 is 1. The maximum Gasteiger partial charge on any atom is 0.247 e.